The summed E-state index contributed by atoms with van der Waals surface area (Å²) in [6.45, 7) is -0.428. The molecule has 10 heteroatoms. The van der Waals surface area contributed by atoms with E-state index in [9.17, 15) is 19.2 Å². The number of benzene rings is 3. The van der Waals surface area contributed by atoms with Gasteiger partial charge >= 0.3 is 11.6 Å². The molecular formula is C25H14Br2ClNO6. The van der Waals surface area contributed by atoms with Gasteiger partial charge in [0, 0.05) is 26.1 Å². The Balaban J connectivity index is 1.41. The summed E-state index contributed by atoms with van der Waals surface area (Å²) in [6.07, 6.45) is 0. The van der Waals surface area contributed by atoms with Crippen LogP contribution in [0.15, 0.2) is 84.9 Å². The van der Waals surface area contributed by atoms with E-state index < -0.39 is 24.1 Å². The van der Waals surface area contributed by atoms with Crippen molar-refractivity contribution in [3.63, 3.8) is 0 Å². The lowest BCUT2D eigenvalue weighted by Gasteiger charge is -2.08. The van der Waals surface area contributed by atoms with Crippen molar-refractivity contribution in [3.05, 3.63) is 108 Å². The Bertz CT molecular complexity index is 1510. The van der Waals surface area contributed by atoms with E-state index in [0.29, 0.717) is 31.7 Å². The first-order chi connectivity index (χ1) is 16.7. The van der Waals surface area contributed by atoms with E-state index in [1.54, 1.807) is 36.4 Å². The molecule has 0 atom stereocenters. The lowest BCUT2D eigenvalue weighted by molar-refractivity contribution is 0.0475. The molecule has 0 saturated heterocycles. The maximum absolute atomic E-state index is 12.7. The molecule has 0 aliphatic rings. The van der Waals surface area contributed by atoms with E-state index in [4.69, 9.17) is 20.8 Å². The number of anilines is 1. The number of hydrogen-bond acceptors (Lipinski definition) is 6. The molecule has 3 aromatic carbocycles. The highest BCUT2D eigenvalue weighted by atomic mass is 79.9. The summed E-state index contributed by atoms with van der Waals surface area (Å²) >= 11 is 12.5. The number of ether oxygens (including phenoxy) is 1. The van der Waals surface area contributed by atoms with Gasteiger partial charge in [-0.1, -0.05) is 27.5 Å². The molecule has 1 N–H and O–H groups in total. The maximum atomic E-state index is 12.7. The summed E-state index contributed by atoms with van der Waals surface area (Å²) in [4.78, 5) is 49.4. The molecule has 1 aromatic heterocycles. The predicted octanol–water partition coefficient (Wildman–Crippen LogP) is 6.26. The standard InChI is InChI=1S/C25H14Br2ClNO6/c26-16-9-15-10-19(25(33)35-22(15)20(27)11-16)23(31)29-18-7-3-14(4-8-18)24(32)34-12-21(30)13-1-5-17(28)6-2-13/h1-11H,12H2,(H,29,31). The van der Waals surface area contributed by atoms with Crippen LogP contribution in [-0.2, 0) is 4.74 Å². The van der Waals surface area contributed by atoms with Gasteiger partial charge in [0.2, 0.25) is 0 Å². The van der Waals surface area contributed by atoms with Crippen LogP contribution in [-0.4, -0.2) is 24.3 Å². The summed E-state index contributed by atoms with van der Waals surface area (Å²) in [5.74, 6) is -1.73. The topological polar surface area (TPSA) is 103 Å². The predicted molar refractivity (Wildman–Crippen MR) is 138 cm³/mol. The molecule has 0 radical (unpaired) electrons. The first kappa shape index (κ1) is 24.8. The minimum atomic E-state index is -0.788. The summed E-state index contributed by atoms with van der Waals surface area (Å²) in [5.41, 5.74) is 0.270. The van der Waals surface area contributed by atoms with Gasteiger partial charge in [-0.3, -0.25) is 9.59 Å². The molecule has 0 unspecified atom stereocenters. The van der Waals surface area contributed by atoms with E-state index in [2.05, 4.69) is 37.2 Å². The van der Waals surface area contributed by atoms with Gasteiger partial charge < -0.3 is 14.5 Å². The van der Waals surface area contributed by atoms with Gasteiger partial charge in [0.05, 0.1) is 10.0 Å². The molecule has 0 aliphatic heterocycles. The summed E-state index contributed by atoms with van der Waals surface area (Å²) in [7, 11) is 0. The van der Waals surface area contributed by atoms with E-state index in [1.165, 1.54) is 30.3 Å². The highest BCUT2D eigenvalue weighted by Gasteiger charge is 2.17. The fourth-order valence-corrected chi connectivity index (χ4v) is 4.60. The number of ketones is 1. The number of halogens is 3. The highest BCUT2D eigenvalue weighted by Crippen LogP contribution is 2.28. The number of carbonyl (C=O) groups excluding carboxylic acids is 3. The number of hydrogen-bond donors (Lipinski definition) is 1. The second-order valence-electron chi connectivity index (χ2n) is 7.29. The molecule has 0 spiro atoms. The van der Waals surface area contributed by atoms with Crippen LogP contribution in [0.5, 0.6) is 0 Å². The Kier molecular flexibility index (Phi) is 7.49. The zero-order valence-electron chi connectivity index (χ0n) is 17.6. The van der Waals surface area contributed by atoms with Crippen molar-refractivity contribution in [2.45, 2.75) is 0 Å². The molecule has 0 aliphatic carbocycles. The largest absolute Gasteiger partial charge is 0.454 e. The lowest BCUT2D eigenvalue weighted by Crippen LogP contribution is -2.20. The van der Waals surface area contributed by atoms with Gasteiger partial charge in [0.25, 0.3) is 5.91 Å². The second kappa shape index (κ2) is 10.6. The zero-order chi connectivity index (χ0) is 25.1. The Labute approximate surface area is 220 Å². The average Bonchev–Trinajstić information content (AvgIpc) is 2.83. The van der Waals surface area contributed by atoms with Crippen molar-refractivity contribution in [2.24, 2.45) is 0 Å². The van der Waals surface area contributed by atoms with Gasteiger partial charge in [0.1, 0.15) is 5.56 Å². The van der Waals surface area contributed by atoms with Crippen molar-refractivity contribution < 1.29 is 23.5 Å². The van der Waals surface area contributed by atoms with E-state index in [1.807, 2.05) is 0 Å². The third-order valence-corrected chi connectivity index (χ3v) is 6.17. The minimum Gasteiger partial charge on any atom is -0.454 e. The number of amides is 1. The van der Waals surface area contributed by atoms with Crippen LogP contribution in [0, 0.1) is 0 Å². The van der Waals surface area contributed by atoms with Crippen LogP contribution in [0.1, 0.15) is 31.1 Å². The number of esters is 1. The minimum absolute atomic E-state index is 0.174. The summed E-state index contributed by atoms with van der Waals surface area (Å²) in [6, 6.07) is 16.9. The van der Waals surface area contributed by atoms with Crippen LogP contribution in [0.3, 0.4) is 0 Å². The number of carbonyl (C=O) groups is 3. The van der Waals surface area contributed by atoms with Crippen molar-refractivity contribution >= 4 is 77.8 Å². The van der Waals surface area contributed by atoms with Gasteiger partial charge in [-0.25, -0.2) is 9.59 Å². The number of nitrogens with one attached hydrogen (secondary N) is 1. The van der Waals surface area contributed by atoms with Gasteiger partial charge in [0.15, 0.2) is 18.0 Å². The second-order valence-corrected chi connectivity index (χ2v) is 9.50. The van der Waals surface area contributed by atoms with Crippen LogP contribution in [0.2, 0.25) is 5.02 Å². The van der Waals surface area contributed by atoms with Gasteiger partial charge in [-0.15, -0.1) is 0 Å². The molecule has 176 valence electrons. The number of Topliss-reactive ketones (excluding diaryl/α,β-unsaturated/α-hetero) is 1. The van der Waals surface area contributed by atoms with Gasteiger partial charge in [-0.2, -0.15) is 0 Å². The van der Waals surface area contributed by atoms with Crippen LogP contribution >= 0.6 is 43.5 Å². The van der Waals surface area contributed by atoms with Crippen molar-refractivity contribution in [2.75, 3.05) is 11.9 Å². The molecule has 35 heavy (non-hydrogen) atoms. The normalized spacial score (nSPS) is 10.7. The Morgan fingerprint density at radius 1 is 0.914 bits per heavy atom. The fraction of sp³-hybridized carbons (Fsp3) is 0.0400. The summed E-state index contributed by atoms with van der Waals surface area (Å²) < 4.78 is 11.7. The van der Waals surface area contributed by atoms with Crippen molar-refractivity contribution in [1.29, 1.82) is 0 Å². The monoisotopic (exact) mass is 617 g/mol. The summed E-state index contributed by atoms with van der Waals surface area (Å²) in [5, 5.41) is 3.65. The first-order valence-electron chi connectivity index (χ1n) is 10.0. The van der Waals surface area contributed by atoms with Crippen LogP contribution < -0.4 is 10.9 Å². The average molecular weight is 620 g/mol. The molecule has 7 nitrogen and oxygen atoms in total. The molecule has 1 amide bonds. The quantitative estimate of drug-likeness (QED) is 0.155. The molecule has 0 fully saturated rings. The Hall–Kier alpha value is -3.27. The molecule has 4 aromatic rings. The van der Waals surface area contributed by atoms with Gasteiger partial charge in [-0.05, 0) is 82.7 Å². The molecular weight excluding hydrogens is 606 g/mol. The van der Waals surface area contributed by atoms with E-state index >= 15 is 0 Å². The molecule has 4 rings (SSSR count). The lowest BCUT2D eigenvalue weighted by atomic mass is 10.1. The van der Waals surface area contributed by atoms with Crippen LogP contribution in [0.4, 0.5) is 5.69 Å². The van der Waals surface area contributed by atoms with E-state index in [0.717, 1.165) is 4.47 Å². The third kappa shape index (κ3) is 5.87. The molecule has 1 heterocycles. The van der Waals surface area contributed by atoms with E-state index in [-0.39, 0.29) is 16.9 Å². The van der Waals surface area contributed by atoms with Crippen LogP contribution in [0.25, 0.3) is 11.0 Å². The number of rotatable bonds is 6. The Morgan fingerprint density at radius 3 is 2.26 bits per heavy atom. The first-order valence-corrected chi connectivity index (χ1v) is 12.0. The van der Waals surface area contributed by atoms with Crippen molar-refractivity contribution in [3.8, 4) is 0 Å². The Morgan fingerprint density at radius 2 is 1.57 bits per heavy atom. The SMILES string of the molecule is O=C(COC(=O)c1ccc(NC(=O)c2cc3cc(Br)cc(Br)c3oc2=O)cc1)c1ccc(Cl)cc1. The van der Waals surface area contributed by atoms with Crippen molar-refractivity contribution in [1.82, 2.24) is 0 Å². The maximum Gasteiger partial charge on any atom is 0.349 e. The fourth-order valence-electron chi connectivity index (χ4n) is 3.14. The number of fused-ring (bicyclic) bond motifs is 1. The molecule has 0 bridgehead atoms. The smallest absolute Gasteiger partial charge is 0.349 e. The third-order valence-electron chi connectivity index (χ3n) is 4.88. The zero-order valence-corrected chi connectivity index (χ0v) is 21.6. The molecule has 0 saturated carbocycles. The highest BCUT2D eigenvalue weighted by molar-refractivity contribution is 9.11.